The first-order valence-corrected chi connectivity index (χ1v) is 12.8. The summed E-state index contributed by atoms with van der Waals surface area (Å²) in [6, 6.07) is 10.8. The van der Waals surface area contributed by atoms with E-state index in [0.29, 0.717) is 31.1 Å². The third kappa shape index (κ3) is 7.05. The highest BCUT2D eigenvalue weighted by Crippen LogP contribution is 2.39. The number of hydrogen-bond acceptors (Lipinski definition) is 1. The van der Waals surface area contributed by atoms with E-state index >= 15 is 0 Å². The van der Waals surface area contributed by atoms with Crippen molar-refractivity contribution < 1.29 is 13.5 Å². The van der Waals surface area contributed by atoms with Crippen LogP contribution in [0.5, 0.6) is 5.75 Å². The van der Waals surface area contributed by atoms with Crippen molar-refractivity contribution in [3.8, 4) is 5.75 Å². The second-order valence-electron chi connectivity index (χ2n) is 9.50. The minimum atomic E-state index is -0.314. The summed E-state index contributed by atoms with van der Waals surface area (Å²) >= 11 is 0. The fourth-order valence-electron chi connectivity index (χ4n) is 5.01. The molecule has 0 heterocycles. The van der Waals surface area contributed by atoms with Crippen LogP contribution in [0, 0.1) is 17.6 Å². The van der Waals surface area contributed by atoms with Crippen molar-refractivity contribution in [2.24, 2.45) is 5.92 Å². The molecule has 0 bridgehead atoms. The van der Waals surface area contributed by atoms with Gasteiger partial charge in [0.1, 0.15) is 5.82 Å². The zero-order valence-corrected chi connectivity index (χ0v) is 20.0. The van der Waals surface area contributed by atoms with Crippen molar-refractivity contribution in [1.29, 1.82) is 0 Å². The molecule has 0 aromatic heterocycles. The predicted octanol–water partition coefficient (Wildman–Crippen LogP) is 8.78. The first kappa shape index (κ1) is 24.7. The summed E-state index contributed by atoms with van der Waals surface area (Å²) in [5.41, 5.74) is 2.70. The Morgan fingerprint density at radius 1 is 0.844 bits per heavy atom. The fraction of sp³-hybridized carbons (Fsp3) is 0.586. The topological polar surface area (TPSA) is 9.23 Å². The molecule has 0 spiro atoms. The van der Waals surface area contributed by atoms with Crippen LogP contribution < -0.4 is 4.74 Å². The molecule has 176 valence electrons. The van der Waals surface area contributed by atoms with Crippen LogP contribution in [0.4, 0.5) is 8.78 Å². The quantitative estimate of drug-likeness (QED) is 0.298. The highest BCUT2D eigenvalue weighted by atomic mass is 19.1. The number of ether oxygens (including phenoxy) is 1. The summed E-state index contributed by atoms with van der Waals surface area (Å²) in [5.74, 6) is 1.16. The van der Waals surface area contributed by atoms with Gasteiger partial charge in [-0.25, -0.2) is 8.78 Å². The zero-order valence-electron chi connectivity index (χ0n) is 20.0. The van der Waals surface area contributed by atoms with E-state index in [1.807, 2.05) is 12.1 Å². The lowest BCUT2D eigenvalue weighted by molar-refractivity contribution is 0.291. The van der Waals surface area contributed by atoms with Crippen molar-refractivity contribution >= 4 is 0 Å². The SMILES string of the molecule is CCCCC[C@H]1CC[C@H](c2ccc(CCc3cccc(F)c3OCCCC)cc2F)CC1. The van der Waals surface area contributed by atoms with Gasteiger partial charge in [-0.3, -0.25) is 0 Å². The molecule has 1 fully saturated rings. The fourth-order valence-corrected chi connectivity index (χ4v) is 5.01. The van der Waals surface area contributed by atoms with Gasteiger partial charge in [-0.1, -0.05) is 70.2 Å². The molecule has 0 radical (unpaired) electrons. The van der Waals surface area contributed by atoms with Gasteiger partial charge < -0.3 is 4.74 Å². The van der Waals surface area contributed by atoms with Crippen LogP contribution >= 0.6 is 0 Å². The average molecular weight is 443 g/mol. The first-order chi connectivity index (χ1) is 15.6. The van der Waals surface area contributed by atoms with Gasteiger partial charge in [0.2, 0.25) is 0 Å². The lowest BCUT2D eigenvalue weighted by Gasteiger charge is -2.29. The molecule has 32 heavy (non-hydrogen) atoms. The van der Waals surface area contributed by atoms with Gasteiger partial charge in [0.25, 0.3) is 0 Å². The van der Waals surface area contributed by atoms with E-state index in [1.165, 1.54) is 44.6 Å². The van der Waals surface area contributed by atoms with Crippen LogP contribution in [0.15, 0.2) is 36.4 Å². The van der Waals surface area contributed by atoms with Crippen LogP contribution in [0.25, 0.3) is 0 Å². The summed E-state index contributed by atoms with van der Waals surface area (Å²) in [7, 11) is 0. The summed E-state index contributed by atoms with van der Waals surface area (Å²) in [6.07, 6.45) is 13.2. The monoisotopic (exact) mass is 442 g/mol. The maximum Gasteiger partial charge on any atom is 0.165 e. The molecule has 2 aromatic rings. The molecule has 0 saturated heterocycles. The van der Waals surface area contributed by atoms with Crippen LogP contribution in [-0.2, 0) is 12.8 Å². The van der Waals surface area contributed by atoms with E-state index in [0.717, 1.165) is 48.3 Å². The lowest BCUT2D eigenvalue weighted by atomic mass is 9.76. The normalized spacial score (nSPS) is 18.6. The van der Waals surface area contributed by atoms with Crippen molar-refractivity contribution in [2.75, 3.05) is 6.61 Å². The molecule has 0 aliphatic heterocycles. The highest BCUT2D eigenvalue weighted by Gasteiger charge is 2.24. The molecule has 3 rings (SSSR count). The summed E-state index contributed by atoms with van der Waals surface area (Å²) in [4.78, 5) is 0. The minimum absolute atomic E-state index is 0.0735. The van der Waals surface area contributed by atoms with E-state index in [1.54, 1.807) is 12.1 Å². The van der Waals surface area contributed by atoms with Gasteiger partial charge in [0.05, 0.1) is 6.61 Å². The Bertz CT molecular complexity index is 824. The third-order valence-electron chi connectivity index (χ3n) is 7.04. The van der Waals surface area contributed by atoms with E-state index in [2.05, 4.69) is 19.9 Å². The van der Waals surface area contributed by atoms with Gasteiger partial charge >= 0.3 is 0 Å². The molecular weight excluding hydrogens is 402 g/mol. The van der Waals surface area contributed by atoms with E-state index in [9.17, 15) is 8.78 Å². The Morgan fingerprint density at radius 3 is 2.34 bits per heavy atom. The van der Waals surface area contributed by atoms with E-state index in [-0.39, 0.29) is 11.6 Å². The van der Waals surface area contributed by atoms with Gasteiger partial charge in [-0.15, -0.1) is 0 Å². The van der Waals surface area contributed by atoms with Crippen LogP contribution in [-0.4, -0.2) is 6.61 Å². The van der Waals surface area contributed by atoms with Crippen molar-refractivity contribution in [3.05, 3.63) is 64.7 Å². The standard InChI is InChI=1S/C29H40F2O/c1-3-5-7-9-22-12-16-24(17-13-22)26-19-15-23(21-28(26)31)14-18-25-10-8-11-27(30)29(25)32-20-6-4-2/h8,10-11,15,19,21-22,24H,3-7,9,12-14,16-18,20H2,1-2H3/t22-,24-. The number of halogens is 2. The largest absolute Gasteiger partial charge is 0.490 e. The Kier molecular flexibility index (Phi) is 10.0. The van der Waals surface area contributed by atoms with Crippen LogP contribution in [0.2, 0.25) is 0 Å². The number of para-hydroxylation sites is 1. The number of benzene rings is 2. The Morgan fingerprint density at radius 2 is 1.62 bits per heavy atom. The van der Waals surface area contributed by atoms with E-state index < -0.39 is 0 Å². The number of aryl methyl sites for hydroxylation is 2. The van der Waals surface area contributed by atoms with Crippen LogP contribution in [0.1, 0.15) is 101 Å². The van der Waals surface area contributed by atoms with E-state index in [4.69, 9.17) is 4.74 Å². The average Bonchev–Trinajstić information content (AvgIpc) is 2.80. The number of hydrogen-bond donors (Lipinski definition) is 0. The Hall–Kier alpha value is -1.90. The Labute approximate surface area is 193 Å². The summed E-state index contributed by atoms with van der Waals surface area (Å²) in [6.45, 7) is 4.86. The van der Waals surface area contributed by atoms with Gasteiger partial charge in [-0.05, 0) is 85.6 Å². The lowest BCUT2D eigenvalue weighted by Crippen LogP contribution is -2.14. The maximum atomic E-state index is 15.0. The molecule has 0 unspecified atom stereocenters. The molecule has 0 atom stereocenters. The molecule has 3 heteroatoms. The molecule has 0 N–H and O–H groups in total. The van der Waals surface area contributed by atoms with Crippen molar-refractivity contribution in [3.63, 3.8) is 0 Å². The molecule has 0 amide bonds. The van der Waals surface area contributed by atoms with Gasteiger partial charge in [0.15, 0.2) is 11.6 Å². The van der Waals surface area contributed by atoms with Gasteiger partial charge in [-0.2, -0.15) is 0 Å². The first-order valence-electron chi connectivity index (χ1n) is 12.8. The van der Waals surface area contributed by atoms with Crippen molar-refractivity contribution in [2.45, 2.75) is 96.8 Å². The third-order valence-corrected chi connectivity index (χ3v) is 7.04. The number of unbranched alkanes of at least 4 members (excludes halogenated alkanes) is 3. The molecular formula is C29H40F2O. The van der Waals surface area contributed by atoms with Gasteiger partial charge in [0, 0.05) is 0 Å². The molecule has 1 saturated carbocycles. The highest BCUT2D eigenvalue weighted by molar-refractivity contribution is 5.36. The Balaban J connectivity index is 1.56. The summed E-state index contributed by atoms with van der Waals surface area (Å²) < 4.78 is 34.9. The smallest absolute Gasteiger partial charge is 0.165 e. The molecule has 2 aromatic carbocycles. The maximum absolute atomic E-state index is 15.0. The predicted molar refractivity (Wildman–Crippen MR) is 129 cm³/mol. The summed E-state index contributed by atoms with van der Waals surface area (Å²) in [5, 5.41) is 0. The van der Waals surface area contributed by atoms with Crippen molar-refractivity contribution in [1.82, 2.24) is 0 Å². The second-order valence-corrected chi connectivity index (χ2v) is 9.50. The zero-order chi connectivity index (χ0) is 22.8. The number of rotatable bonds is 12. The molecule has 1 aliphatic rings. The minimum Gasteiger partial charge on any atom is -0.490 e. The second kappa shape index (κ2) is 13.0. The van der Waals surface area contributed by atoms with Crippen LogP contribution in [0.3, 0.4) is 0 Å². The molecule has 1 nitrogen and oxygen atoms in total. The molecule has 1 aliphatic carbocycles.